The van der Waals surface area contributed by atoms with Crippen molar-refractivity contribution in [1.29, 1.82) is 0 Å². The van der Waals surface area contributed by atoms with E-state index in [0.717, 1.165) is 11.5 Å². The monoisotopic (exact) mass is 214 g/mol. The summed E-state index contributed by atoms with van der Waals surface area (Å²) in [6.07, 6.45) is 7.20. The van der Waals surface area contributed by atoms with Gasteiger partial charge in [-0.15, -0.1) is 0 Å². The molecule has 2 fully saturated rings. The first-order chi connectivity index (χ1) is 6.65. The molecule has 3 heteroatoms. The highest BCUT2D eigenvalue weighted by atomic mass is 28.4. The summed E-state index contributed by atoms with van der Waals surface area (Å²) >= 11 is 0. The molecule has 14 heavy (non-hydrogen) atoms. The molecule has 2 unspecified atom stereocenters. The molecule has 0 radical (unpaired) electrons. The lowest BCUT2D eigenvalue weighted by atomic mass is 9.82. The van der Waals surface area contributed by atoms with Gasteiger partial charge in [-0.25, -0.2) is 0 Å². The summed E-state index contributed by atoms with van der Waals surface area (Å²) < 4.78 is 11.9. The van der Waals surface area contributed by atoms with Gasteiger partial charge in [0.2, 0.25) is 0 Å². The fourth-order valence-corrected chi connectivity index (χ4v) is 5.06. The second kappa shape index (κ2) is 3.95. The Kier molecular flexibility index (Phi) is 3.00. The summed E-state index contributed by atoms with van der Waals surface area (Å²) in [5, 5.41) is 0. The third kappa shape index (κ3) is 2.04. The maximum Gasteiger partial charge on any atom is 0.338 e. The van der Waals surface area contributed by atoms with Crippen LogP contribution in [0.1, 0.15) is 39.0 Å². The molecular formula is C11H22O2Si. The molecule has 0 aromatic carbocycles. The van der Waals surface area contributed by atoms with E-state index in [1.165, 1.54) is 32.1 Å². The summed E-state index contributed by atoms with van der Waals surface area (Å²) in [7, 11) is 0.0335. The molecule has 0 saturated heterocycles. The number of hydrogen-bond donors (Lipinski definition) is 0. The smallest absolute Gasteiger partial charge is 0.338 e. The SMILES string of the molecule is CO[Si](C)(OC(C)C1CCC1)C1CC1. The third-order valence-corrected chi connectivity index (χ3v) is 7.67. The summed E-state index contributed by atoms with van der Waals surface area (Å²) in [6.45, 7) is 4.47. The van der Waals surface area contributed by atoms with Gasteiger partial charge in [-0.1, -0.05) is 6.42 Å². The average molecular weight is 214 g/mol. The van der Waals surface area contributed by atoms with E-state index in [4.69, 9.17) is 8.85 Å². The zero-order chi connectivity index (χ0) is 10.2. The molecule has 0 amide bonds. The topological polar surface area (TPSA) is 18.5 Å². The first-order valence-electron chi connectivity index (χ1n) is 5.88. The fourth-order valence-electron chi connectivity index (χ4n) is 2.29. The largest absolute Gasteiger partial charge is 0.398 e. The molecule has 0 bridgehead atoms. The lowest BCUT2D eigenvalue weighted by Crippen LogP contribution is -2.44. The van der Waals surface area contributed by atoms with E-state index < -0.39 is 8.56 Å². The van der Waals surface area contributed by atoms with Crippen LogP contribution >= 0.6 is 0 Å². The van der Waals surface area contributed by atoms with E-state index in [1.807, 2.05) is 7.11 Å². The van der Waals surface area contributed by atoms with E-state index in [-0.39, 0.29) is 0 Å². The molecule has 2 aliphatic carbocycles. The fraction of sp³-hybridized carbons (Fsp3) is 1.00. The van der Waals surface area contributed by atoms with Gasteiger partial charge in [0.05, 0.1) is 0 Å². The van der Waals surface area contributed by atoms with Crippen molar-refractivity contribution in [2.75, 3.05) is 7.11 Å². The van der Waals surface area contributed by atoms with Crippen molar-refractivity contribution in [3.63, 3.8) is 0 Å². The molecule has 2 saturated carbocycles. The third-order valence-electron chi connectivity index (χ3n) is 3.96. The van der Waals surface area contributed by atoms with E-state index >= 15 is 0 Å². The Morgan fingerprint density at radius 1 is 1.21 bits per heavy atom. The zero-order valence-electron chi connectivity index (χ0n) is 9.58. The minimum Gasteiger partial charge on any atom is -0.398 e. The van der Waals surface area contributed by atoms with Crippen LogP contribution in [0.3, 0.4) is 0 Å². The molecule has 0 heterocycles. The normalized spacial score (nSPS) is 29.4. The van der Waals surface area contributed by atoms with E-state index in [9.17, 15) is 0 Å². The van der Waals surface area contributed by atoms with E-state index in [1.54, 1.807) is 0 Å². The molecule has 0 spiro atoms. The highest BCUT2D eigenvalue weighted by Crippen LogP contribution is 2.47. The van der Waals surface area contributed by atoms with Crippen molar-refractivity contribution in [2.45, 2.75) is 57.2 Å². The van der Waals surface area contributed by atoms with Crippen molar-refractivity contribution in [2.24, 2.45) is 5.92 Å². The van der Waals surface area contributed by atoms with Crippen molar-refractivity contribution in [3.05, 3.63) is 0 Å². The Morgan fingerprint density at radius 3 is 2.21 bits per heavy atom. The quantitative estimate of drug-likeness (QED) is 0.655. The lowest BCUT2D eigenvalue weighted by Gasteiger charge is -2.37. The van der Waals surface area contributed by atoms with Crippen LogP contribution in [0, 0.1) is 5.92 Å². The van der Waals surface area contributed by atoms with E-state index in [0.29, 0.717) is 6.10 Å². The Balaban J connectivity index is 1.86. The van der Waals surface area contributed by atoms with Crippen LogP contribution in [0.15, 0.2) is 0 Å². The van der Waals surface area contributed by atoms with Crippen molar-refractivity contribution < 1.29 is 8.85 Å². The summed E-state index contributed by atoms with van der Waals surface area (Å²) in [5.74, 6) is 0.815. The Bertz CT molecular complexity index is 201. The van der Waals surface area contributed by atoms with Crippen LogP contribution in [-0.4, -0.2) is 21.8 Å². The van der Waals surface area contributed by atoms with Crippen molar-refractivity contribution >= 4 is 8.56 Å². The zero-order valence-corrected chi connectivity index (χ0v) is 10.6. The molecule has 0 aliphatic heterocycles. The van der Waals surface area contributed by atoms with Crippen LogP contribution in [-0.2, 0) is 8.85 Å². The van der Waals surface area contributed by atoms with Gasteiger partial charge < -0.3 is 8.85 Å². The van der Waals surface area contributed by atoms with Gasteiger partial charge in [0.15, 0.2) is 0 Å². The molecule has 0 N–H and O–H groups in total. The van der Waals surface area contributed by atoms with E-state index in [2.05, 4.69) is 13.5 Å². The Morgan fingerprint density at radius 2 is 1.86 bits per heavy atom. The van der Waals surface area contributed by atoms with Gasteiger partial charge in [0, 0.05) is 18.8 Å². The Hall–Kier alpha value is 0.137. The Labute approximate surface area is 88.2 Å². The predicted octanol–water partition coefficient (Wildman–Crippen LogP) is 3.07. The standard InChI is InChI=1S/C11H22O2Si/c1-9(10-5-4-6-10)13-14(3,12-2)11-7-8-11/h9-11H,4-8H2,1-3H3. The average Bonchev–Trinajstić information content (AvgIpc) is 2.82. The van der Waals surface area contributed by atoms with Crippen LogP contribution in [0.25, 0.3) is 0 Å². The highest BCUT2D eigenvalue weighted by molar-refractivity contribution is 6.68. The predicted molar refractivity (Wildman–Crippen MR) is 59.5 cm³/mol. The van der Waals surface area contributed by atoms with Crippen LogP contribution in [0.5, 0.6) is 0 Å². The number of hydrogen-bond acceptors (Lipinski definition) is 2. The van der Waals surface area contributed by atoms with Crippen molar-refractivity contribution in [1.82, 2.24) is 0 Å². The lowest BCUT2D eigenvalue weighted by molar-refractivity contribution is 0.0613. The first kappa shape index (κ1) is 10.6. The minimum atomic E-state index is -1.80. The van der Waals surface area contributed by atoms with Crippen LogP contribution < -0.4 is 0 Å². The van der Waals surface area contributed by atoms with Crippen LogP contribution in [0.2, 0.25) is 12.1 Å². The molecule has 2 aliphatic rings. The molecular weight excluding hydrogens is 192 g/mol. The first-order valence-corrected chi connectivity index (χ1v) is 8.28. The molecule has 2 nitrogen and oxygen atoms in total. The maximum absolute atomic E-state index is 6.23. The van der Waals surface area contributed by atoms with Gasteiger partial charge in [0.1, 0.15) is 0 Å². The number of rotatable bonds is 5. The summed E-state index contributed by atoms with van der Waals surface area (Å²) in [4.78, 5) is 0. The maximum atomic E-state index is 6.23. The van der Waals surface area contributed by atoms with Gasteiger partial charge in [-0.2, -0.15) is 0 Å². The summed E-state index contributed by atoms with van der Waals surface area (Å²) in [5.41, 5.74) is 0.773. The second-order valence-electron chi connectivity index (χ2n) is 5.01. The van der Waals surface area contributed by atoms with Gasteiger partial charge in [-0.3, -0.25) is 0 Å². The van der Waals surface area contributed by atoms with Gasteiger partial charge in [0.25, 0.3) is 0 Å². The van der Waals surface area contributed by atoms with Gasteiger partial charge >= 0.3 is 8.56 Å². The summed E-state index contributed by atoms with van der Waals surface area (Å²) in [6, 6.07) is 0. The molecule has 82 valence electrons. The molecule has 0 aromatic heterocycles. The minimum absolute atomic E-state index is 0.431. The van der Waals surface area contributed by atoms with Crippen LogP contribution in [0.4, 0.5) is 0 Å². The van der Waals surface area contributed by atoms with Gasteiger partial charge in [-0.05, 0) is 45.1 Å². The molecule has 2 rings (SSSR count). The molecule has 2 atom stereocenters. The highest BCUT2D eigenvalue weighted by Gasteiger charge is 2.48. The second-order valence-corrected chi connectivity index (χ2v) is 8.50. The van der Waals surface area contributed by atoms with Crippen molar-refractivity contribution in [3.8, 4) is 0 Å². The molecule has 0 aromatic rings.